The molecular weight excluding hydrogens is 319 g/mol. The van der Waals surface area contributed by atoms with Crippen molar-refractivity contribution < 1.29 is 9.47 Å². The number of hydrogen-bond acceptors (Lipinski definition) is 5. The highest BCUT2D eigenvalue weighted by Crippen LogP contribution is 2.42. The zero-order chi connectivity index (χ0) is 14.7. The summed E-state index contributed by atoms with van der Waals surface area (Å²) in [6, 6.07) is 6.92. The van der Waals surface area contributed by atoms with Crippen molar-refractivity contribution in [3.63, 3.8) is 0 Å². The number of halogens is 2. The van der Waals surface area contributed by atoms with Gasteiger partial charge in [-0.3, -0.25) is 5.84 Å². The Morgan fingerprint density at radius 3 is 2.20 bits per heavy atom. The van der Waals surface area contributed by atoms with Gasteiger partial charge in [0, 0.05) is 5.56 Å². The summed E-state index contributed by atoms with van der Waals surface area (Å²) in [6.07, 6.45) is 0. The maximum Gasteiger partial charge on any atom is 0.127 e. The Morgan fingerprint density at radius 2 is 1.80 bits per heavy atom. The van der Waals surface area contributed by atoms with Crippen LogP contribution in [0.15, 0.2) is 24.3 Å². The largest absolute Gasteiger partial charge is 0.496 e. The molecular formula is C13H14Cl2N2O2S. The van der Waals surface area contributed by atoms with E-state index >= 15 is 0 Å². The van der Waals surface area contributed by atoms with Crippen LogP contribution in [0, 0.1) is 0 Å². The predicted molar refractivity (Wildman–Crippen MR) is 83.1 cm³/mol. The van der Waals surface area contributed by atoms with Gasteiger partial charge in [0.05, 0.1) is 34.5 Å². The van der Waals surface area contributed by atoms with Crippen LogP contribution in [0.25, 0.3) is 0 Å². The molecule has 4 nitrogen and oxygen atoms in total. The smallest absolute Gasteiger partial charge is 0.127 e. The van der Waals surface area contributed by atoms with E-state index in [1.807, 2.05) is 18.2 Å². The Hall–Kier alpha value is -0.980. The second-order valence-corrected chi connectivity index (χ2v) is 6.24. The van der Waals surface area contributed by atoms with Crippen LogP contribution < -0.4 is 20.7 Å². The molecule has 0 saturated carbocycles. The molecule has 0 spiro atoms. The average molecular weight is 333 g/mol. The van der Waals surface area contributed by atoms with Crippen LogP contribution in [-0.2, 0) is 0 Å². The highest BCUT2D eigenvalue weighted by Gasteiger charge is 2.25. The first kappa shape index (κ1) is 15.4. The minimum Gasteiger partial charge on any atom is -0.496 e. The molecule has 0 aliphatic carbocycles. The lowest BCUT2D eigenvalue weighted by molar-refractivity contribution is 0.377. The first-order valence-corrected chi connectivity index (χ1v) is 7.31. The van der Waals surface area contributed by atoms with E-state index in [2.05, 4.69) is 5.43 Å². The van der Waals surface area contributed by atoms with Crippen LogP contribution in [-0.4, -0.2) is 14.2 Å². The molecule has 20 heavy (non-hydrogen) atoms. The van der Waals surface area contributed by atoms with Crippen molar-refractivity contribution in [1.29, 1.82) is 0 Å². The van der Waals surface area contributed by atoms with Gasteiger partial charge < -0.3 is 9.47 Å². The summed E-state index contributed by atoms with van der Waals surface area (Å²) in [5, 5.41) is 0. The molecule has 0 radical (unpaired) electrons. The van der Waals surface area contributed by atoms with Crippen molar-refractivity contribution in [3.05, 3.63) is 44.1 Å². The van der Waals surface area contributed by atoms with Crippen molar-refractivity contribution in [2.45, 2.75) is 6.04 Å². The third-order valence-corrected chi connectivity index (χ3v) is 4.43. The summed E-state index contributed by atoms with van der Waals surface area (Å²) in [5.41, 5.74) is 4.30. The monoisotopic (exact) mass is 332 g/mol. The van der Waals surface area contributed by atoms with Crippen molar-refractivity contribution in [2.75, 3.05) is 14.2 Å². The average Bonchev–Trinajstić information content (AvgIpc) is 2.78. The van der Waals surface area contributed by atoms with Gasteiger partial charge in [-0.05, 0) is 18.2 Å². The lowest BCUT2D eigenvalue weighted by Gasteiger charge is -2.21. The summed E-state index contributed by atoms with van der Waals surface area (Å²) >= 11 is 13.5. The third-order valence-electron chi connectivity index (χ3n) is 2.92. The summed E-state index contributed by atoms with van der Waals surface area (Å²) in [6.45, 7) is 0. The zero-order valence-electron chi connectivity index (χ0n) is 10.9. The molecule has 0 aliphatic heterocycles. The van der Waals surface area contributed by atoms with E-state index in [9.17, 15) is 0 Å². The van der Waals surface area contributed by atoms with Gasteiger partial charge in [0.25, 0.3) is 0 Å². The van der Waals surface area contributed by atoms with Gasteiger partial charge in [0.1, 0.15) is 11.5 Å². The molecule has 0 saturated heterocycles. The first-order valence-electron chi connectivity index (χ1n) is 5.74. The van der Waals surface area contributed by atoms with Crippen molar-refractivity contribution in [1.82, 2.24) is 5.43 Å². The van der Waals surface area contributed by atoms with E-state index < -0.39 is 0 Å². The Labute approximate surface area is 131 Å². The van der Waals surface area contributed by atoms with E-state index in [4.69, 9.17) is 38.5 Å². The van der Waals surface area contributed by atoms with Crippen molar-refractivity contribution in [2.24, 2.45) is 5.84 Å². The van der Waals surface area contributed by atoms with Crippen LogP contribution in [0.2, 0.25) is 8.67 Å². The quantitative estimate of drug-likeness (QED) is 0.648. The normalized spacial score (nSPS) is 12.2. The number of ether oxygens (including phenoxy) is 2. The van der Waals surface area contributed by atoms with Gasteiger partial charge in [0.2, 0.25) is 0 Å². The molecule has 7 heteroatoms. The minimum atomic E-state index is -0.377. The Bertz CT molecular complexity index is 582. The highest BCUT2D eigenvalue weighted by atomic mass is 35.5. The third kappa shape index (κ3) is 2.87. The first-order chi connectivity index (χ1) is 9.62. The van der Waals surface area contributed by atoms with Crippen molar-refractivity contribution in [3.8, 4) is 11.5 Å². The molecule has 108 valence electrons. The number of nitrogens with one attached hydrogen (secondary N) is 1. The summed E-state index contributed by atoms with van der Waals surface area (Å²) in [7, 11) is 3.18. The fourth-order valence-electron chi connectivity index (χ4n) is 2.04. The fraction of sp³-hybridized carbons (Fsp3) is 0.231. The van der Waals surface area contributed by atoms with Gasteiger partial charge in [-0.1, -0.05) is 29.3 Å². The van der Waals surface area contributed by atoms with Crippen molar-refractivity contribution >= 4 is 34.5 Å². The maximum atomic E-state index is 6.22. The van der Waals surface area contributed by atoms with Crippen LogP contribution >= 0.6 is 34.5 Å². The molecule has 0 aliphatic rings. The molecule has 0 amide bonds. The van der Waals surface area contributed by atoms with E-state index in [1.54, 1.807) is 20.3 Å². The lowest BCUT2D eigenvalue weighted by Crippen LogP contribution is -2.29. The van der Waals surface area contributed by atoms with Gasteiger partial charge in [-0.25, -0.2) is 5.43 Å². The molecule has 2 rings (SSSR count). The van der Waals surface area contributed by atoms with Gasteiger partial charge >= 0.3 is 0 Å². The Balaban J connectivity index is 2.59. The topological polar surface area (TPSA) is 56.5 Å². The van der Waals surface area contributed by atoms with Gasteiger partial charge in [-0.2, -0.15) is 0 Å². The summed E-state index contributed by atoms with van der Waals surface area (Å²) < 4.78 is 12.0. The molecule has 2 aromatic rings. The summed E-state index contributed by atoms with van der Waals surface area (Å²) in [5.74, 6) is 7.02. The number of thiophene rings is 1. The predicted octanol–water partition coefficient (Wildman–Crippen LogP) is 3.62. The molecule has 1 unspecified atom stereocenters. The standard InChI is InChI=1S/C13H14Cl2N2O2S/c1-18-8-4-3-5-9(19-2)11(8)12(17-16)7-6-10(14)20-13(7)15/h3-6,12,17H,16H2,1-2H3. The van der Waals surface area contributed by atoms with E-state index in [0.717, 1.165) is 11.1 Å². The molecule has 3 N–H and O–H groups in total. The number of hydrazine groups is 1. The SMILES string of the molecule is COc1cccc(OC)c1C(NN)c1cc(Cl)sc1Cl. The highest BCUT2D eigenvalue weighted by molar-refractivity contribution is 7.20. The number of hydrogen-bond donors (Lipinski definition) is 2. The molecule has 1 heterocycles. The molecule has 1 aromatic heterocycles. The number of benzene rings is 1. The van der Waals surface area contributed by atoms with E-state index in [1.165, 1.54) is 11.3 Å². The molecule has 1 atom stereocenters. The minimum absolute atomic E-state index is 0.377. The number of nitrogens with two attached hydrogens (primary N) is 1. The fourth-order valence-corrected chi connectivity index (χ4v) is 3.58. The summed E-state index contributed by atoms with van der Waals surface area (Å²) in [4.78, 5) is 0. The second kappa shape index (κ2) is 6.65. The van der Waals surface area contributed by atoms with E-state index in [0.29, 0.717) is 20.2 Å². The van der Waals surface area contributed by atoms with Gasteiger partial charge in [0.15, 0.2) is 0 Å². The van der Waals surface area contributed by atoms with Crippen LogP contribution in [0.1, 0.15) is 17.2 Å². The number of rotatable bonds is 5. The van der Waals surface area contributed by atoms with Gasteiger partial charge in [-0.15, -0.1) is 11.3 Å². The van der Waals surface area contributed by atoms with Crippen LogP contribution in [0.4, 0.5) is 0 Å². The van der Waals surface area contributed by atoms with Crippen LogP contribution in [0.5, 0.6) is 11.5 Å². The molecule has 0 bridgehead atoms. The number of methoxy groups -OCH3 is 2. The second-order valence-electron chi connectivity index (χ2n) is 3.96. The molecule has 0 fully saturated rings. The van der Waals surface area contributed by atoms with Crippen LogP contribution in [0.3, 0.4) is 0 Å². The Morgan fingerprint density at radius 1 is 1.20 bits per heavy atom. The zero-order valence-corrected chi connectivity index (χ0v) is 13.3. The molecule has 1 aromatic carbocycles. The van der Waals surface area contributed by atoms with E-state index in [-0.39, 0.29) is 6.04 Å². The maximum absolute atomic E-state index is 6.22. The Kier molecular flexibility index (Phi) is 5.12. The lowest BCUT2D eigenvalue weighted by atomic mass is 9.99.